The Morgan fingerprint density at radius 2 is 1.68 bits per heavy atom. The van der Waals surface area contributed by atoms with Crippen molar-refractivity contribution in [2.45, 2.75) is 60.4 Å². The first-order valence-corrected chi connectivity index (χ1v) is 8.83. The van der Waals surface area contributed by atoms with Crippen LogP contribution in [0.25, 0.3) is 0 Å². The topological polar surface area (TPSA) is 57.9 Å². The second-order valence-corrected chi connectivity index (χ2v) is 6.59. The van der Waals surface area contributed by atoms with Crippen LogP contribution in [0.1, 0.15) is 54.6 Å². The lowest BCUT2D eigenvalue weighted by molar-refractivity contribution is 0.453. The largest absolute Gasteiger partial charge is 0.437 e. The Balaban J connectivity index is 2.48. The Morgan fingerprint density at radius 3 is 2.20 bits per heavy atom. The van der Waals surface area contributed by atoms with Crippen molar-refractivity contribution in [2.75, 3.05) is 5.32 Å². The Bertz CT molecular complexity index is 779. The van der Waals surface area contributed by atoms with E-state index in [4.69, 9.17) is 4.74 Å². The van der Waals surface area contributed by atoms with Crippen LogP contribution in [0.3, 0.4) is 0 Å². The van der Waals surface area contributed by atoms with Crippen LogP contribution in [-0.2, 0) is 0 Å². The molecular weight excluding hydrogens is 310 g/mol. The van der Waals surface area contributed by atoms with Gasteiger partial charge in [-0.2, -0.15) is 5.26 Å². The van der Waals surface area contributed by atoms with E-state index in [0.29, 0.717) is 17.5 Å². The molecule has 1 N–H and O–H groups in total. The van der Waals surface area contributed by atoms with Gasteiger partial charge in [-0.3, -0.25) is 0 Å². The smallest absolute Gasteiger partial charge is 0.239 e. The third-order valence-corrected chi connectivity index (χ3v) is 4.37. The molecule has 0 aliphatic carbocycles. The van der Waals surface area contributed by atoms with Crippen LogP contribution in [0.15, 0.2) is 18.2 Å². The maximum atomic E-state index is 9.70. The van der Waals surface area contributed by atoms with Crippen LogP contribution in [0.2, 0.25) is 0 Å². The molecule has 0 radical (unpaired) electrons. The lowest BCUT2D eigenvalue weighted by Gasteiger charge is -2.19. The van der Waals surface area contributed by atoms with Gasteiger partial charge < -0.3 is 10.1 Å². The first-order valence-electron chi connectivity index (χ1n) is 8.83. The van der Waals surface area contributed by atoms with Crippen molar-refractivity contribution < 1.29 is 4.74 Å². The summed E-state index contributed by atoms with van der Waals surface area (Å²) in [6.07, 6.45) is 1.99. The Hall–Kier alpha value is -2.54. The molecule has 0 bridgehead atoms. The molecule has 0 aliphatic heterocycles. The highest BCUT2D eigenvalue weighted by atomic mass is 16.5. The van der Waals surface area contributed by atoms with E-state index in [9.17, 15) is 5.26 Å². The van der Waals surface area contributed by atoms with E-state index in [1.165, 1.54) is 5.56 Å². The van der Waals surface area contributed by atoms with Crippen LogP contribution in [0.5, 0.6) is 11.6 Å². The molecular formula is C21H27N3O. The molecule has 4 heteroatoms. The minimum absolute atomic E-state index is 0.324. The van der Waals surface area contributed by atoms with Crippen LogP contribution in [-0.4, -0.2) is 11.0 Å². The lowest BCUT2D eigenvalue weighted by Crippen LogP contribution is -2.18. The number of nitriles is 1. The van der Waals surface area contributed by atoms with Crippen molar-refractivity contribution in [1.82, 2.24) is 4.98 Å². The summed E-state index contributed by atoms with van der Waals surface area (Å²) in [5, 5.41) is 13.2. The third kappa shape index (κ3) is 4.30. The molecule has 2 aromatic rings. The van der Waals surface area contributed by atoms with Gasteiger partial charge in [0.2, 0.25) is 5.88 Å². The molecule has 0 spiro atoms. The first-order chi connectivity index (χ1) is 11.9. The summed E-state index contributed by atoms with van der Waals surface area (Å²) in [6, 6.07) is 8.66. The van der Waals surface area contributed by atoms with E-state index in [1.807, 2.05) is 26.8 Å². The zero-order chi connectivity index (χ0) is 18.6. The monoisotopic (exact) mass is 337 g/mol. The predicted molar refractivity (Wildman–Crippen MR) is 102 cm³/mol. The predicted octanol–water partition coefficient (Wildman–Crippen LogP) is 5.58. The number of hydrogen-bond donors (Lipinski definition) is 1. The first kappa shape index (κ1) is 18.8. The number of benzene rings is 1. The second kappa shape index (κ2) is 8.02. The standard InChI is InChI=1S/C21H27N3O/c1-7-17(8-2)24-19-11-16(6)23-21(18(19)12-22)25-20-14(4)9-13(3)10-15(20)5/h9-11,17H,7-8H2,1-6H3,(H,23,24). The molecule has 0 atom stereocenters. The minimum Gasteiger partial charge on any atom is -0.437 e. The van der Waals surface area contributed by atoms with Gasteiger partial charge >= 0.3 is 0 Å². The van der Waals surface area contributed by atoms with Gasteiger partial charge in [0.15, 0.2) is 0 Å². The molecule has 0 saturated heterocycles. The van der Waals surface area contributed by atoms with Gasteiger partial charge in [-0.25, -0.2) is 4.98 Å². The van der Waals surface area contributed by atoms with Crippen molar-refractivity contribution >= 4 is 5.69 Å². The van der Waals surface area contributed by atoms with Crippen molar-refractivity contribution in [3.05, 3.63) is 46.1 Å². The van der Waals surface area contributed by atoms with Crippen LogP contribution in [0, 0.1) is 39.0 Å². The summed E-state index contributed by atoms with van der Waals surface area (Å²) in [5.74, 6) is 1.14. The number of aryl methyl sites for hydroxylation is 4. The summed E-state index contributed by atoms with van der Waals surface area (Å²) in [7, 11) is 0. The van der Waals surface area contributed by atoms with E-state index < -0.39 is 0 Å². The number of nitrogens with zero attached hydrogens (tertiary/aromatic N) is 2. The van der Waals surface area contributed by atoms with Crippen molar-refractivity contribution in [1.29, 1.82) is 5.26 Å². The fourth-order valence-corrected chi connectivity index (χ4v) is 3.08. The number of aromatic nitrogens is 1. The average Bonchev–Trinajstić information content (AvgIpc) is 2.55. The number of ether oxygens (including phenoxy) is 1. The molecule has 0 amide bonds. The molecule has 1 aromatic carbocycles. The lowest BCUT2D eigenvalue weighted by atomic mass is 10.1. The van der Waals surface area contributed by atoms with Gasteiger partial charge in [-0.15, -0.1) is 0 Å². The van der Waals surface area contributed by atoms with Crippen LogP contribution >= 0.6 is 0 Å². The molecule has 0 fully saturated rings. The summed E-state index contributed by atoms with van der Waals surface area (Å²) >= 11 is 0. The molecule has 0 aliphatic rings. The SMILES string of the molecule is CCC(CC)Nc1cc(C)nc(Oc2c(C)cc(C)cc2C)c1C#N. The highest BCUT2D eigenvalue weighted by molar-refractivity contribution is 5.63. The fraction of sp³-hybridized carbons (Fsp3) is 0.429. The van der Waals surface area contributed by atoms with Gasteiger partial charge in [0, 0.05) is 11.7 Å². The fourth-order valence-electron chi connectivity index (χ4n) is 3.08. The Morgan fingerprint density at radius 1 is 1.08 bits per heavy atom. The van der Waals surface area contributed by atoms with Gasteiger partial charge in [-0.1, -0.05) is 31.5 Å². The molecule has 0 unspecified atom stereocenters. The Labute approximate surface area is 150 Å². The number of hydrogen-bond acceptors (Lipinski definition) is 4. The van der Waals surface area contributed by atoms with Crippen molar-refractivity contribution in [3.8, 4) is 17.7 Å². The quantitative estimate of drug-likeness (QED) is 0.747. The number of pyridine rings is 1. The molecule has 4 nitrogen and oxygen atoms in total. The molecule has 2 rings (SSSR count). The second-order valence-electron chi connectivity index (χ2n) is 6.59. The zero-order valence-electron chi connectivity index (χ0n) is 16.0. The minimum atomic E-state index is 0.324. The van der Waals surface area contributed by atoms with Gasteiger partial charge in [-0.05, 0) is 57.7 Å². The number of anilines is 1. The van der Waals surface area contributed by atoms with Crippen molar-refractivity contribution in [2.24, 2.45) is 0 Å². The normalized spacial score (nSPS) is 10.6. The molecule has 25 heavy (non-hydrogen) atoms. The van der Waals surface area contributed by atoms with E-state index in [1.54, 1.807) is 0 Å². The van der Waals surface area contributed by atoms with Gasteiger partial charge in [0.25, 0.3) is 0 Å². The summed E-state index contributed by atoms with van der Waals surface area (Å²) in [5.41, 5.74) is 5.34. The zero-order valence-corrected chi connectivity index (χ0v) is 16.0. The molecule has 0 saturated carbocycles. The molecule has 1 aromatic heterocycles. The summed E-state index contributed by atoms with van der Waals surface area (Å²) in [4.78, 5) is 4.48. The van der Waals surface area contributed by atoms with Crippen LogP contribution < -0.4 is 10.1 Å². The van der Waals surface area contributed by atoms with Gasteiger partial charge in [0.1, 0.15) is 17.4 Å². The van der Waals surface area contributed by atoms with E-state index in [0.717, 1.165) is 41.1 Å². The van der Waals surface area contributed by atoms with E-state index >= 15 is 0 Å². The summed E-state index contributed by atoms with van der Waals surface area (Å²) < 4.78 is 6.11. The van der Waals surface area contributed by atoms with Gasteiger partial charge in [0.05, 0.1) is 5.69 Å². The molecule has 132 valence electrons. The Kier molecular flexibility index (Phi) is 6.03. The third-order valence-electron chi connectivity index (χ3n) is 4.37. The summed E-state index contributed by atoms with van der Waals surface area (Å²) in [6.45, 7) is 12.3. The van der Waals surface area contributed by atoms with E-state index in [-0.39, 0.29) is 0 Å². The maximum absolute atomic E-state index is 9.70. The van der Waals surface area contributed by atoms with Crippen LogP contribution in [0.4, 0.5) is 5.69 Å². The maximum Gasteiger partial charge on any atom is 0.239 e. The number of rotatable bonds is 6. The average molecular weight is 337 g/mol. The molecule has 1 heterocycles. The van der Waals surface area contributed by atoms with Crippen molar-refractivity contribution in [3.63, 3.8) is 0 Å². The highest BCUT2D eigenvalue weighted by Crippen LogP contribution is 2.33. The highest BCUT2D eigenvalue weighted by Gasteiger charge is 2.17. The number of nitrogens with one attached hydrogen (secondary N) is 1. The van der Waals surface area contributed by atoms with E-state index in [2.05, 4.69) is 49.3 Å².